The molecular formula is C20H15N3O. The van der Waals surface area contributed by atoms with Gasteiger partial charge in [0.1, 0.15) is 5.82 Å². The normalized spacial score (nSPS) is 10.7. The first-order chi connectivity index (χ1) is 11.8. The van der Waals surface area contributed by atoms with E-state index in [0.717, 1.165) is 28.1 Å². The number of carbonyl (C=O) groups excluding carboxylic acids is 1. The third-order valence-corrected chi connectivity index (χ3v) is 3.86. The van der Waals surface area contributed by atoms with Crippen molar-refractivity contribution in [3.63, 3.8) is 0 Å². The Hall–Kier alpha value is -3.40. The fourth-order valence-electron chi connectivity index (χ4n) is 2.66. The average Bonchev–Trinajstić information content (AvgIpc) is 3.07. The molecule has 0 atom stereocenters. The van der Waals surface area contributed by atoms with Crippen molar-refractivity contribution in [3.8, 4) is 11.4 Å². The van der Waals surface area contributed by atoms with E-state index < -0.39 is 0 Å². The second-order valence-corrected chi connectivity index (χ2v) is 5.47. The summed E-state index contributed by atoms with van der Waals surface area (Å²) >= 11 is 0. The number of H-pyrrole nitrogens is 1. The summed E-state index contributed by atoms with van der Waals surface area (Å²) in [6.07, 6.45) is 0. The summed E-state index contributed by atoms with van der Waals surface area (Å²) < 4.78 is 0. The van der Waals surface area contributed by atoms with Crippen molar-refractivity contribution in [1.82, 2.24) is 9.97 Å². The van der Waals surface area contributed by atoms with Gasteiger partial charge in [0.2, 0.25) is 0 Å². The Morgan fingerprint density at radius 1 is 0.833 bits per heavy atom. The van der Waals surface area contributed by atoms with Gasteiger partial charge in [-0.05, 0) is 36.4 Å². The topological polar surface area (TPSA) is 57.8 Å². The maximum atomic E-state index is 12.4. The van der Waals surface area contributed by atoms with Gasteiger partial charge in [0.05, 0.1) is 16.7 Å². The molecule has 4 rings (SSSR count). The Balaban J connectivity index is 1.71. The minimum atomic E-state index is -0.140. The molecule has 0 aliphatic heterocycles. The lowest BCUT2D eigenvalue weighted by Gasteiger charge is -2.09. The van der Waals surface area contributed by atoms with Crippen molar-refractivity contribution < 1.29 is 4.79 Å². The number of amides is 1. The minimum absolute atomic E-state index is 0.140. The van der Waals surface area contributed by atoms with Gasteiger partial charge in [-0.2, -0.15) is 0 Å². The van der Waals surface area contributed by atoms with Crippen molar-refractivity contribution in [3.05, 3.63) is 84.4 Å². The molecule has 1 heterocycles. The summed E-state index contributed by atoms with van der Waals surface area (Å²) in [7, 11) is 0. The van der Waals surface area contributed by atoms with E-state index in [0.29, 0.717) is 5.56 Å². The van der Waals surface area contributed by atoms with E-state index in [2.05, 4.69) is 15.3 Å². The third-order valence-electron chi connectivity index (χ3n) is 3.86. The van der Waals surface area contributed by atoms with E-state index in [4.69, 9.17) is 0 Å². The zero-order valence-corrected chi connectivity index (χ0v) is 12.9. The monoisotopic (exact) mass is 313 g/mol. The molecule has 0 fully saturated rings. The van der Waals surface area contributed by atoms with Crippen LogP contribution in [0.3, 0.4) is 0 Å². The molecule has 0 radical (unpaired) electrons. The second-order valence-electron chi connectivity index (χ2n) is 5.47. The molecular weight excluding hydrogens is 298 g/mol. The van der Waals surface area contributed by atoms with Crippen LogP contribution in [0.1, 0.15) is 10.4 Å². The highest BCUT2D eigenvalue weighted by molar-refractivity contribution is 6.06. The van der Waals surface area contributed by atoms with Crippen LogP contribution < -0.4 is 5.32 Å². The van der Waals surface area contributed by atoms with Crippen molar-refractivity contribution >= 4 is 22.6 Å². The predicted molar refractivity (Wildman–Crippen MR) is 95.9 cm³/mol. The number of carbonyl (C=O) groups is 1. The zero-order valence-electron chi connectivity index (χ0n) is 12.9. The molecule has 0 saturated heterocycles. The van der Waals surface area contributed by atoms with Crippen LogP contribution in [0.2, 0.25) is 0 Å². The van der Waals surface area contributed by atoms with Gasteiger partial charge in [-0.15, -0.1) is 0 Å². The van der Waals surface area contributed by atoms with Crippen LogP contribution in [-0.2, 0) is 0 Å². The molecule has 0 aliphatic rings. The molecule has 24 heavy (non-hydrogen) atoms. The van der Waals surface area contributed by atoms with Gasteiger partial charge in [0.25, 0.3) is 5.91 Å². The van der Waals surface area contributed by atoms with E-state index in [-0.39, 0.29) is 5.91 Å². The Labute approximate surface area is 139 Å². The Morgan fingerprint density at radius 3 is 2.38 bits per heavy atom. The smallest absolute Gasteiger partial charge is 0.255 e. The van der Waals surface area contributed by atoms with Crippen LogP contribution in [0.15, 0.2) is 78.9 Å². The molecule has 2 N–H and O–H groups in total. The number of hydrogen-bond acceptors (Lipinski definition) is 2. The third kappa shape index (κ3) is 2.65. The molecule has 3 aromatic carbocycles. The maximum Gasteiger partial charge on any atom is 0.255 e. The molecule has 0 saturated carbocycles. The summed E-state index contributed by atoms with van der Waals surface area (Å²) in [6, 6.07) is 24.7. The summed E-state index contributed by atoms with van der Waals surface area (Å²) in [5, 5.41) is 2.97. The molecule has 4 aromatic rings. The number of hydrogen-bond donors (Lipinski definition) is 2. The number of anilines is 1. The summed E-state index contributed by atoms with van der Waals surface area (Å²) in [5.41, 5.74) is 4.08. The van der Waals surface area contributed by atoms with Gasteiger partial charge in [-0.3, -0.25) is 4.79 Å². The Bertz CT molecular complexity index is 973. The van der Waals surface area contributed by atoms with E-state index in [1.54, 1.807) is 12.1 Å². The van der Waals surface area contributed by atoms with Gasteiger partial charge in [-0.1, -0.05) is 42.5 Å². The van der Waals surface area contributed by atoms with Crippen LogP contribution in [0.5, 0.6) is 0 Å². The Kier molecular flexibility index (Phi) is 3.56. The van der Waals surface area contributed by atoms with Gasteiger partial charge in [0, 0.05) is 11.1 Å². The summed E-state index contributed by atoms with van der Waals surface area (Å²) in [4.78, 5) is 20.3. The number of nitrogens with zero attached hydrogens (tertiary/aromatic N) is 1. The molecule has 4 nitrogen and oxygen atoms in total. The zero-order chi connectivity index (χ0) is 16.4. The first kappa shape index (κ1) is 14.2. The predicted octanol–water partition coefficient (Wildman–Crippen LogP) is 4.48. The van der Waals surface area contributed by atoms with E-state index in [1.807, 2.05) is 66.7 Å². The van der Waals surface area contributed by atoms with Gasteiger partial charge in [0.15, 0.2) is 0 Å². The molecule has 0 unspecified atom stereocenters. The van der Waals surface area contributed by atoms with Gasteiger partial charge >= 0.3 is 0 Å². The molecule has 1 amide bonds. The lowest BCUT2D eigenvalue weighted by Crippen LogP contribution is -2.12. The van der Waals surface area contributed by atoms with Crippen molar-refractivity contribution in [2.45, 2.75) is 0 Å². The minimum Gasteiger partial charge on any atom is -0.338 e. The van der Waals surface area contributed by atoms with E-state index in [1.165, 1.54) is 0 Å². The summed E-state index contributed by atoms with van der Waals surface area (Å²) in [5.74, 6) is 0.597. The fraction of sp³-hybridized carbons (Fsp3) is 0. The van der Waals surface area contributed by atoms with Crippen LogP contribution in [0, 0.1) is 0 Å². The number of nitrogens with one attached hydrogen (secondary N) is 2. The van der Waals surface area contributed by atoms with Crippen molar-refractivity contribution in [1.29, 1.82) is 0 Å². The van der Waals surface area contributed by atoms with Crippen LogP contribution in [0.25, 0.3) is 22.4 Å². The molecule has 0 bridgehead atoms. The van der Waals surface area contributed by atoms with E-state index in [9.17, 15) is 4.79 Å². The number of imidazole rings is 1. The number of fused-ring (bicyclic) bond motifs is 1. The first-order valence-corrected chi connectivity index (χ1v) is 7.72. The molecule has 0 spiro atoms. The van der Waals surface area contributed by atoms with E-state index >= 15 is 0 Å². The second kappa shape index (κ2) is 6.01. The average molecular weight is 313 g/mol. The molecule has 4 heteroatoms. The number of aromatic nitrogens is 2. The summed E-state index contributed by atoms with van der Waals surface area (Å²) in [6.45, 7) is 0. The Morgan fingerprint density at radius 2 is 1.54 bits per heavy atom. The first-order valence-electron chi connectivity index (χ1n) is 7.72. The number of para-hydroxylation sites is 3. The quantitative estimate of drug-likeness (QED) is 0.586. The van der Waals surface area contributed by atoms with Crippen LogP contribution in [-0.4, -0.2) is 15.9 Å². The molecule has 0 aliphatic carbocycles. The molecule has 116 valence electrons. The van der Waals surface area contributed by atoms with Crippen LogP contribution in [0.4, 0.5) is 5.69 Å². The highest BCUT2D eigenvalue weighted by Gasteiger charge is 2.12. The van der Waals surface area contributed by atoms with Gasteiger partial charge < -0.3 is 10.3 Å². The lowest BCUT2D eigenvalue weighted by molar-refractivity contribution is 0.102. The standard InChI is InChI=1S/C20H15N3O/c24-20(14-8-2-1-3-9-14)23-16-11-5-4-10-15(16)19-21-17-12-6-7-13-18(17)22-19/h1-13H,(H,21,22)(H,23,24). The fourth-order valence-corrected chi connectivity index (χ4v) is 2.66. The SMILES string of the molecule is O=C(Nc1ccccc1-c1nc2ccccc2[nH]1)c1ccccc1. The number of rotatable bonds is 3. The van der Waals surface area contributed by atoms with Crippen LogP contribution >= 0.6 is 0 Å². The lowest BCUT2D eigenvalue weighted by atomic mass is 10.1. The molecule has 1 aromatic heterocycles. The highest BCUT2D eigenvalue weighted by Crippen LogP contribution is 2.27. The van der Waals surface area contributed by atoms with Crippen molar-refractivity contribution in [2.75, 3.05) is 5.32 Å². The number of benzene rings is 3. The maximum absolute atomic E-state index is 12.4. The largest absolute Gasteiger partial charge is 0.338 e. The van der Waals surface area contributed by atoms with Gasteiger partial charge in [-0.25, -0.2) is 4.98 Å². The van der Waals surface area contributed by atoms with Crippen molar-refractivity contribution in [2.24, 2.45) is 0 Å². The highest BCUT2D eigenvalue weighted by atomic mass is 16.1. The number of aromatic amines is 1.